The van der Waals surface area contributed by atoms with Gasteiger partial charge in [-0.15, -0.1) is 0 Å². The highest BCUT2D eigenvalue weighted by molar-refractivity contribution is 6.82. The minimum absolute atomic E-state index is 0.152. The van der Waals surface area contributed by atoms with Crippen LogP contribution in [-0.2, 0) is 9.53 Å². The number of cyclic esters (lactones) is 1. The molecule has 0 spiro atoms. The zero-order valence-corrected chi connectivity index (χ0v) is 19.4. The maximum Gasteiger partial charge on any atom is 0.330 e. The highest BCUT2D eigenvalue weighted by Crippen LogP contribution is 2.43. The molecular formula is C23H34N2O3Si. The highest BCUT2D eigenvalue weighted by Gasteiger charge is 2.46. The molecule has 0 amide bonds. The van der Waals surface area contributed by atoms with Crippen molar-refractivity contribution in [3.63, 3.8) is 0 Å². The first-order valence-corrected chi connectivity index (χ1v) is 12.8. The van der Waals surface area contributed by atoms with Crippen molar-refractivity contribution >= 4 is 14.2 Å². The second kappa shape index (κ2) is 8.46. The van der Waals surface area contributed by atoms with Crippen LogP contribution in [0.5, 0.6) is 0 Å². The summed E-state index contributed by atoms with van der Waals surface area (Å²) in [5.74, 6) is -0.400. The Hall–Kier alpha value is -1.89. The van der Waals surface area contributed by atoms with Gasteiger partial charge in [-0.1, -0.05) is 71.9 Å². The van der Waals surface area contributed by atoms with Gasteiger partial charge in [0.25, 0.3) is 0 Å². The summed E-state index contributed by atoms with van der Waals surface area (Å²) in [5.41, 5.74) is 3.36. The fourth-order valence-corrected chi connectivity index (χ4v) is 12.0. The fraction of sp³-hybridized carbons (Fsp3) is 0.522. The topological polar surface area (TPSA) is 54.7 Å². The summed E-state index contributed by atoms with van der Waals surface area (Å²) in [6, 6.07) is 10.5. The summed E-state index contributed by atoms with van der Waals surface area (Å²) in [4.78, 5) is 12.6. The lowest BCUT2D eigenvalue weighted by Crippen LogP contribution is -2.51. The SMILES string of the molecule is CC(C)[Si](C(C)C)(C(C)C)n1ccc([C@@H]2C(=O)OC[C@@H](c3ccccc3)N2O)c1. The lowest BCUT2D eigenvalue weighted by atomic mass is 10.0. The van der Waals surface area contributed by atoms with Crippen molar-refractivity contribution in [2.75, 3.05) is 6.61 Å². The summed E-state index contributed by atoms with van der Waals surface area (Å²) in [6.07, 6.45) is 4.18. The van der Waals surface area contributed by atoms with Crippen LogP contribution in [0.15, 0.2) is 48.8 Å². The van der Waals surface area contributed by atoms with Gasteiger partial charge in [-0.3, -0.25) is 0 Å². The van der Waals surface area contributed by atoms with Crippen molar-refractivity contribution in [3.8, 4) is 0 Å². The molecule has 1 aliphatic heterocycles. The Balaban J connectivity index is 1.98. The predicted octanol–water partition coefficient (Wildman–Crippen LogP) is 5.54. The minimum atomic E-state index is -1.91. The van der Waals surface area contributed by atoms with Crippen molar-refractivity contribution in [1.29, 1.82) is 0 Å². The number of hydroxylamine groups is 2. The largest absolute Gasteiger partial charge is 0.462 e. The molecule has 0 radical (unpaired) electrons. The van der Waals surface area contributed by atoms with Crippen LogP contribution in [-0.4, -0.2) is 35.3 Å². The Bertz CT molecular complexity index is 810. The van der Waals surface area contributed by atoms with Gasteiger partial charge >= 0.3 is 5.97 Å². The normalized spacial score (nSPS) is 21.2. The Morgan fingerprint density at radius 1 is 0.966 bits per heavy atom. The number of nitrogens with zero attached hydrogens (tertiary/aromatic N) is 2. The Morgan fingerprint density at radius 2 is 1.55 bits per heavy atom. The van der Waals surface area contributed by atoms with E-state index in [0.29, 0.717) is 16.6 Å². The molecule has 0 saturated carbocycles. The number of carbonyl (C=O) groups excluding carboxylic acids is 1. The van der Waals surface area contributed by atoms with E-state index in [-0.39, 0.29) is 12.6 Å². The quantitative estimate of drug-likeness (QED) is 0.498. The number of carbonyl (C=O) groups is 1. The molecule has 2 heterocycles. The maximum atomic E-state index is 12.6. The van der Waals surface area contributed by atoms with Crippen molar-refractivity contribution in [2.24, 2.45) is 0 Å². The molecule has 1 saturated heterocycles. The first-order chi connectivity index (χ1) is 13.7. The standard InChI is InChI=1S/C23H34N2O3Si/c1-16(2)29(17(3)4,18(5)6)24-13-12-20(14-24)22-23(26)28-15-21(25(22)27)19-10-8-7-9-11-19/h7-14,16-18,21-22,27H,15H2,1-6H3/t21-,22+/m0/s1. The first-order valence-electron chi connectivity index (χ1n) is 10.6. The molecule has 5 nitrogen and oxygen atoms in total. The zero-order chi connectivity index (χ0) is 21.3. The molecule has 1 aromatic carbocycles. The predicted molar refractivity (Wildman–Crippen MR) is 117 cm³/mol. The molecule has 0 unspecified atom stereocenters. The number of benzene rings is 1. The van der Waals surface area contributed by atoms with Crippen LogP contribution in [0.3, 0.4) is 0 Å². The first kappa shape index (κ1) is 21.8. The number of hydrogen-bond donors (Lipinski definition) is 1. The van der Waals surface area contributed by atoms with Gasteiger partial charge in [0.2, 0.25) is 0 Å². The molecule has 0 aliphatic carbocycles. The summed E-state index contributed by atoms with van der Waals surface area (Å²) in [6.45, 7) is 14.0. The lowest BCUT2D eigenvalue weighted by Gasteiger charge is -2.44. The van der Waals surface area contributed by atoms with E-state index in [2.05, 4.69) is 58.2 Å². The van der Waals surface area contributed by atoms with E-state index in [1.54, 1.807) is 0 Å². The van der Waals surface area contributed by atoms with E-state index >= 15 is 0 Å². The van der Waals surface area contributed by atoms with E-state index in [1.165, 1.54) is 5.06 Å². The third-order valence-electron chi connectivity index (χ3n) is 6.63. The molecule has 1 aliphatic rings. The van der Waals surface area contributed by atoms with Gasteiger partial charge < -0.3 is 14.2 Å². The molecule has 29 heavy (non-hydrogen) atoms. The second-order valence-corrected chi connectivity index (χ2v) is 14.8. The molecular weight excluding hydrogens is 380 g/mol. The van der Waals surface area contributed by atoms with E-state index < -0.39 is 20.2 Å². The van der Waals surface area contributed by atoms with E-state index in [4.69, 9.17) is 4.74 Å². The van der Waals surface area contributed by atoms with Gasteiger partial charge in [0.15, 0.2) is 14.3 Å². The summed E-state index contributed by atoms with van der Waals surface area (Å²) >= 11 is 0. The molecule has 0 bridgehead atoms. The van der Waals surface area contributed by atoms with Gasteiger partial charge in [0.1, 0.15) is 6.61 Å². The third kappa shape index (κ3) is 3.69. The highest BCUT2D eigenvalue weighted by atomic mass is 28.3. The van der Waals surface area contributed by atoms with Gasteiger partial charge in [0.05, 0.1) is 6.04 Å². The van der Waals surface area contributed by atoms with Crippen LogP contribution < -0.4 is 0 Å². The molecule has 6 heteroatoms. The second-order valence-electron chi connectivity index (χ2n) is 9.04. The molecule has 1 fully saturated rings. The monoisotopic (exact) mass is 414 g/mol. The van der Waals surface area contributed by atoms with Crippen LogP contribution in [0.1, 0.15) is 64.8 Å². The average Bonchev–Trinajstić information content (AvgIpc) is 3.11. The molecule has 158 valence electrons. The van der Waals surface area contributed by atoms with Crippen molar-refractivity contribution in [3.05, 3.63) is 59.9 Å². The zero-order valence-electron chi connectivity index (χ0n) is 18.4. The van der Waals surface area contributed by atoms with Crippen molar-refractivity contribution in [1.82, 2.24) is 9.30 Å². The molecule has 2 aromatic rings. The summed E-state index contributed by atoms with van der Waals surface area (Å²) < 4.78 is 7.87. The number of ether oxygens (including phenoxy) is 1. The van der Waals surface area contributed by atoms with Crippen LogP contribution in [0.4, 0.5) is 0 Å². The Labute approximate surface area is 175 Å². The molecule has 1 N–H and O–H groups in total. The smallest absolute Gasteiger partial charge is 0.330 e. The van der Waals surface area contributed by atoms with Crippen molar-refractivity contribution in [2.45, 2.75) is 70.2 Å². The van der Waals surface area contributed by atoms with Crippen molar-refractivity contribution < 1.29 is 14.7 Å². The molecule has 3 rings (SSSR count). The van der Waals surface area contributed by atoms with Gasteiger partial charge in [-0.05, 0) is 40.0 Å². The van der Waals surface area contributed by atoms with E-state index in [9.17, 15) is 10.0 Å². The minimum Gasteiger partial charge on any atom is -0.462 e. The number of morpholine rings is 1. The van der Waals surface area contributed by atoms with Crippen LogP contribution in [0, 0.1) is 0 Å². The molecule has 1 aromatic heterocycles. The number of rotatable bonds is 6. The average molecular weight is 415 g/mol. The number of esters is 1. The summed E-state index contributed by atoms with van der Waals surface area (Å²) in [5, 5.41) is 12.2. The van der Waals surface area contributed by atoms with E-state index in [1.807, 2.05) is 36.4 Å². The van der Waals surface area contributed by atoms with Gasteiger partial charge in [-0.2, -0.15) is 5.06 Å². The van der Waals surface area contributed by atoms with Gasteiger partial charge in [-0.25, -0.2) is 4.79 Å². The molecule has 2 atom stereocenters. The van der Waals surface area contributed by atoms with E-state index in [0.717, 1.165) is 11.1 Å². The van der Waals surface area contributed by atoms with Crippen LogP contribution in [0.25, 0.3) is 0 Å². The summed E-state index contributed by atoms with van der Waals surface area (Å²) in [7, 11) is -1.91. The van der Waals surface area contributed by atoms with Crippen LogP contribution >= 0.6 is 0 Å². The fourth-order valence-electron chi connectivity index (χ4n) is 5.53. The number of hydrogen-bond acceptors (Lipinski definition) is 4. The maximum absolute atomic E-state index is 12.6. The Kier molecular flexibility index (Phi) is 6.36. The van der Waals surface area contributed by atoms with Gasteiger partial charge in [0, 0.05) is 6.20 Å². The third-order valence-corrected chi connectivity index (χ3v) is 13.4. The Morgan fingerprint density at radius 3 is 2.10 bits per heavy atom. The number of aromatic nitrogens is 1. The van der Waals surface area contributed by atoms with Crippen LogP contribution in [0.2, 0.25) is 16.6 Å². The lowest BCUT2D eigenvalue weighted by molar-refractivity contribution is -0.220.